The molecule has 0 aliphatic heterocycles. The number of hydrogen-bond donors (Lipinski definition) is 2. The third kappa shape index (κ3) is 3.62. The zero-order valence-electron chi connectivity index (χ0n) is 19.1. The second-order valence-corrected chi connectivity index (χ2v) is 9.07. The molecule has 3 aromatic heterocycles. The van der Waals surface area contributed by atoms with Crippen molar-refractivity contribution in [2.24, 2.45) is 0 Å². The van der Waals surface area contributed by atoms with E-state index < -0.39 is 0 Å². The number of imidazole rings is 1. The third-order valence-electron chi connectivity index (χ3n) is 6.64. The van der Waals surface area contributed by atoms with Crippen LogP contribution in [0.2, 0.25) is 0 Å². The van der Waals surface area contributed by atoms with Crippen molar-refractivity contribution in [2.75, 3.05) is 12.4 Å². The summed E-state index contributed by atoms with van der Waals surface area (Å²) in [5, 5.41) is 11.5. The van der Waals surface area contributed by atoms with Crippen LogP contribution in [0, 0.1) is 12.7 Å². The monoisotopic (exact) mass is 435 g/mol. The van der Waals surface area contributed by atoms with E-state index in [0.717, 1.165) is 53.7 Å². The van der Waals surface area contributed by atoms with Crippen LogP contribution >= 0.6 is 0 Å². The number of nitrogens with one attached hydrogen (secondary N) is 2. The summed E-state index contributed by atoms with van der Waals surface area (Å²) >= 11 is 0. The summed E-state index contributed by atoms with van der Waals surface area (Å²) in [6.45, 7) is 6.08. The van der Waals surface area contributed by atoms with Crippen molar-refractivity contribution in [3.8, 4) is 11.1 Å². The number of hydrogen-bond acceptors (Lipinski definition) is 5. The van der Waals surface area contributed by atoms with E-state index in [1.807, 2.05) is 43.0 Å². The maximum absolute atomic E-state index is 14.9. The molecule has 5 rings (SSSR count). The second-order valence-electron chi connectivity index (χ2n) is 9.07. The van der Waals surface area contributed by atoms with Crippen molar-refractivity contribution in [2.45, 2.75) is 64.6 Å². The van der Waals surface area contributed by atoms with E-state index >= 15 is 0 Å². The van der Waals surface area contributed by atoms with Gasteiger partial charge in [-0.1, -0.05) is 0 Å². The molecule has 7 nitrogen and oxygen atoms in total. The van der Waals surface area contributed by atoms with Crippen LogP contribution in [0.25, 0.3) is 27.7 Å². The first-order chi connectivity index (χ1) is 15.4. The van der Waals surface area contributed by atoms with Gasteiger partial charge in [0.05, 0.1) is 17.2 Å². The number of halogens is 1. The molecule has 2 N–H and O–H groups in total. The van der Waals surface area contributed by atoms with E-state index in [1.165, 1.54) is 0 Å². The van der Waals surface area contributed by atoms with Crippen LogP contribution in [0.1, 0.15) is 51.4 Å². The van der Waals surface area contributed by atoms with E-state index in [4.69, 9.17) is 0 Å². The molecular weight excluding hydrogens is 405 g/mol. The Labute approximate surface area is 187 Å². The lowest BCUT2D eigenvalue weighted by Crippen LogP contribution is -2.35. The fourth-order valence-corrected chi connectivity index (χ4v) is 5.00. The fraction of sp³-hybridized carbons (Fsp3) is 0.458. The van der Waals surface area contributed by atoms with Crippen LogP contribution in [0.5, 0.6) is 0 Å². The van der Waals surface area contributed by atoms with Crippen LogP contribution in [0.3, 0.4) is 0 Å². The summed E-state index contributed by atoms with van der Waals surface area (Å²) < 4.78 is 18.8. The number of aromatic nitrogens is 5. The van der Waals surface area contributed by atoms with Crippen molar-refractivity contribution in [3.63, 3.8) is 0 Å². The van der Waals surface area contributed by atoms with Gasteiger partial charge in [0.25, 0.3) is 0 Å². The normalized spacial score (nSPS) is 19.3. The Bertz CT molecular complexity index is 1260. The molecule has 3 heterocycles. The summed E-state index contributed by atoms with van der Waals surface area (Å²) in [6, 6.07) is 6.73. The highest BCUT2D eigenvalue weighted by Gasteiger charge is 2.21. The van der Waals surface area contributed by atoms with Gasteiger partial charge in [-0.05, 0) is 77.3 Å². The van der Waals surface area contributed by atoms with Crippen molar-refractivity contribution >= 4 is 22.5 Å². The Morgan fingerprint density at radius 3 is 2.56 bits per heavy atom. The Morgan fingerprint density at radius 2 is 1.84 bits per heavy atom. The van der Waals surface area contributed by atoms with Crippen molar-refractivity contribution in [1.82, 2.24) is 29.5 Å². The molecule has 0 atom stereocenters. The lowest BCUT2D eigenvalue weighted by atomic mass is 9.91. The SMILES string of the molecule is CN[C@H]1CC[C@H](Nc2ncc3c(-c4cc(F)c5nc(C)n(C(C)C)c5c4)ccn3n2)CC1. The van der Waals surface area contributed by atoms with Crippen LogP contribution in [0.15, 0.2) is 30.6 Å². The lowest BCUT2D eigenvalue weighted by molar-refractivity contribution is 0.370. The lowest BCUT2D eigenvalue weighted by Gasteiger charge is -2.28. The van der Waals surface area contributed by atoms with E-state index in [0.29, 0.717) is 23.5 Å². The van der Waals surface area contributed by atoms with Crippen molar-refractivity contribution < 1.29 is 4.39 Å². The first-order valence-corrected chi connectivity index (χ1v) is 11.4. The molecule has 1 saturated carbocycles. The standard InChI is InChI=1S/C24H30FN7/c1-14(2)32-15(3)28-23-20(25)11-16(12-21(23)32)19-9-10-31-22(19)13-27-24(30-31)29-18-7-5-17(26-4)6-8-18/h9-14,17-18,26H,5-8H2,1-4H3,(H,29,30)/t17-,18-. The van der Waals surface area contributed by atoms with Gasteiger partial charge in [0, 0.05) is 29.9 Å². The van der Waals surface area contributed by atoms with E-state index in [2.05, 4.69) is 44.1 Å². The predicted molar refractivity (Wildman–Crippen MR) is 126 cm³/mol. The molecule has 0 unspecified atom stereocenters. The molecule has 0 saturated heterocycles. The number of fused-ring (bicyclic) bond motifs is 2. The van der Waals surface area contributed by atoms with E-state index in [9.17, 15) is 4.39 Å². The van der Waals surface area contributed by atoms with Gasteiger partial charge < -0.3 is 15.2 Å². The largest absolute Gasteiger partial charge is 0.350 e. The number of aryl methyl sites for hydroxylation is 1. The number of anilines is 1. The topological polar surface area (TPSA) is 72.1 Å². The minimum atomic E-state index is -0.310. The molecular formula is C24H30FN7. The van der Waals surface area contributed by atoms with Gasteiger partial charge in [-0.2, -0.15) is 0 Å². The van der Waals surface area contributed by atoms with E-state index in [-0.39, 0.29) is 11.9 Å². The molecule has 0 amide bonds. The molecule has 1 aromatic carbocycles. The van der Waals surface area contributed by atoms with Gasteiger partial charge in [0.2, 0.25) is 5.95 Å². The zero-order valence-corrected chi connectivity index (χ0v) is 19.1. The molecule has 0 radical (unpaired) electrons. The van der Waals surface area contributed by atoms with Crippen LogP contribution in [-0.2, 0) is 0 Å². The average Bonchev–Trinajstić information content (AvgIpc) is 3.34. The zero-order chi connectivity index (χ0) is 22.4. The first-order valence-electron chi connectivity index (χ1n) is 11.4. The van der Waals surface area contributed by atoms with Gasteiger partial charge in [-0.15, -0.1) is 5.10 Å². The molecule has 1 aliphatic rings. The molecule has 8 heteroatoms. The number of nitrogens with zero attached hydrogens (tertiary/aromatic N) is 5. The van der Waals surface area contributed by atoms with Crippen LogP contribution in [0.4, 0.5) is 10.3 Å². The van der Waals surface area contributed by atoms with Gasteiger partial charge in [-0.3, -0.25) is 0 Å². The average molecular weight is 436 g/mol. The molecule has 0 spiro atoms. The maximum Gasteiger partial charge on any atom is 0.241 e. The molecule has 0 bridgehead atoms. The molecule has 32 heavy (non-hydrogen) atoms. The summed E-state index contributed by atoms with van der Waals surface area (Å²) in [6.07, 6.45) is 8.24. The number of benzene rings is 1. The maximum atomic E-state index is 14.9. The second kappa shape index (κ2) is 8.16. The van der Waals surface area contributed by atoms with Gasteiger partial charge in [0.1, 0.15) is 11.3 Å². The third-order valence-corrected chi connectivity index (χ3v) is 6.64. The van der Waals surface area contributed by atoms with Gasteiger partial charge in [0.15, 0.2) is 5.82 Å². The van der Waals surface area contributed by atoms with Crippen molar-refractivity contribution in [1.29, 1.82) is 0 Å². The minimum Gasteiger partial charge on any atom is -0.350 e. The van der Waals surface area contributed by atoms with Crippen LogP contribution < -0.4 is 10.6 Å². The first kappa shape index (κ1) is 20.9. The van der Waals surface area contributed by atoms with Gasteiger partial charge >= 0.3 is 0 Å². The Morgan fingerprint density at radius 1 is 1.09 bits per heavy atom. The quantitative estimate of drug-likeness (QED) is 0.475. The highest BCUT2D eigenvalue weighted by atomic mass is 19.1. The molecule has 1 fully saturated rings. The van der Waals surface area contributed by atoms with Crippen molar-refractivity contribution in [3.05, 3.63) is 42.2 Å². The summed E-state index contributed by atoms with van der Waals surface area (Å²) in [7, 11) is 2.03. The smallest absolute Gasteiger partial charge is 0.241 e. The number of rotatable bonds is 5. The minimum absolute atomic E-state index is 0.195. The summed E-state index contributed by atoms with van der Waals surface area (Å²) in [4.78, 5) is 9.00. The van der Waals surface area contributed by atoms with Gasteiger partial charge in [-0.25, -0.2) is 18.9 Å². The molecule has 1 aliphatic carbocycles. The molecule has 168 valence electrons. The Balaban J connectivity index is 1.46. The summed E-state index contributed by atoms with van der Waals surface area (Å²) in [5.41, 5.74) is 3.78. The summed E-state index contributed by atoms with van der Waals surface area (Å²) in [5.74, 6) is 1.13. The Hall–Kier alpha value is -3.00. The highest BCUT2D eigenvalue weighted by molar-refractivity contribution is 5.88. The van der Waals surface area contributed by atoms with Crippen LogP contribution in [-0.4, -0.2) is 43.3 Å². The molecule has 4 aromatic rings. The predicted octanol–water partition coefficient (Wildman–Crippen LogP) is 4.72. The highest BCUT2D eigenvalue weighted by Crippen LogP contribution is 2.32. The fourth-order valence-electron chi connectivity index (χ4n) is 5.00. The van der Waals surface area contributed by atoms with E-state index in [1.54, 1.807) is 6.07 Å². The Kier molecular flexibility index (Phi) is 5.33.